The molecule has 3 aromatic carbocycles. The van der Waals surface area contributed by atoms with Crippen molar-refractivity contribution in [2.24, 2.45) is 0 Å². The van der Waals surface area contributed by atoms with Gasteiger partial charge in [-0.25, -0.2) is 9.59 Å². The summed E-state index contributed by atoms with van der Waals surface area (Å²) in [5, 5.41) is 2.91. The molecule has 2 amide bonds. The average Bonchev–Trinajstić information content (AvgIpc) is 3.68. The van der Waals surface area contributed by atoms with E-state index in [1.165, 1.54) is 4.90 Å². The predicted molar refractivity (Wildman–Crippen MR) is 150 cm³/mol. The van der Waals surface area contributed by atoms with Gasteiger partial charge in [0.15, 0.2) is 5.78 Å². The second kappa shape index (κ2) is 12.2. The highest BCUT2D eigenvalue weighted by Crippen LogP contribution is 2.41. The second-order valence-electron chi connectivity index (χ2n) is 10.9. The normalized spacial score (nSPS) is 17.0. The Morgan fingerprint density at radius 3 is 2.08 bits per heavy atom. The Kier molecular flexibility index (Phi) is 8.69. The van der Waals surface area contributed by atoms with Crippen LogP contribution in [0.15, 0.2) is 84.9 Å². The van der Waals surface area contributed by atoms with Gasteiger partial charge in [0.1, 0.15) is 18.2 Å². The minimum atomic E-state index is -0.732. The lowest BCUT2D eigenvalue weighted by molar-refractivity contribution is 0.0522. The number of nitrogens with one attached hydrogen (secondary N) is 1. The van der Waals surface area contributed by atoms with Gasteiger partial charge in [0.2, 0.25) is 0 Å². The van der Waals surface area contributed by atoms with Crippen molar-refractivity contribution in [2.75, 3.05) is 7.05 Å². The van der Waals surface area contributed by atoms with Crippen LogP contribution in [0.25, 0.3) is 0 Å². The molecule has 0 heterocycles. The predicted octanol–water partition coefficient (Wildman–Crippen LogP) is 6.13. The van der Waals surface area contributed by atoms with Crippen molar-refractivity contribution in [1.29, 1.82) is 0 Å². The van der Waals surface area contributed by atoms with Gasteiger partial charge in [-0.3, -0.25) is 4.79 Å². The van der Waals surface area contributed by atoms with Crippen LogP contribution in [0.4, 0.5) is 9.59 Å². The fraction of sp³-hybridized carbons (Fsp3) is 0.344. The summed E-state index contributed by atoms with van der Waals surface area (Å²) in [6, 6.07) is 25.8. The van der Waals surface area contributed by atoms with Gasteiger partial charge in [-0.1, -0.05) is 84.9 Å². The Morgan fingerprint density at radius 1 is 0.897 bits per heavy atom. The van der Waals surface area contributed by atoms with Crippen LogP contribution < -0.4 is 5.32 Å². The van der Waals surface area contributed by atoms with Gasteiger partial charge < -0.3 is 19.7 Å². The minimum Gasteiger partial charge on any atom is -0.445 e. The molecular weight excluding hydrogens is 492 g/mol. The van der Waals surface area contributed by atoms with Gasteiger partial charge in [0, 0.05) is 31.0 Å². The zero-order chi connectivity index (χ0) is 28.0. The Bertz CT molecular complexity index is 1270. The number of amides is 2. The summed E-state index contributed by atoms with van der Waals surface area (Å²) in [5.41, 5.74) is 2.83. The van der Waals surface area contributed by atoms with E-state index < -0.39 is 23.8 Å². The lowest BCUT2D eigenvalue weighted by Gasteiger charge is -2.27. The fourth-order valence-corrected chi connectivity index (χ4v) is 4.46. The zero-order valence-electron chi connectivity index (χ0n) is 22.9. The average molecular weight is 529 g/mol. The van der Waals surface area contributed by atoms with Gasteiger partial charge in [0.25, 0.3) is 0 Å². The maximum absolute atomic E-state index is 13.7. The van der Waals surface area contributed by atoms with Gasteiger partial charge in [-0.15, -0.1) is 0 Å². The molecule has 1 aliphatic rings. The summed E-state index contributed by atoms with van der Waals surface area (Å²) in [7, 11) is 1.60. The number of hydrogen-bond donors (Lipinski definition) is 1. The molecule has 39 heavy (non-hydrogen) atoms. The van der Waals surface area contributed by atoms with E-state index in [2.05, 4.69) is 5.32 Å². The molecule has 1 fully saturated rings. The number of nitrogens with zero attached hydrogens (tertiary/aromatic N) is 1. The van der Waals surface area contributed by atoms with Gasteiger partial charge in [0.05, 0.1) is 0 Å². The van der Waals surface area contributed by atoms with E-state index in [9.17, 15) is 14.4 Å². The molecule has 1 aliphatic carbocycles. The highest BCUT2D eigenvalue weighted by molar-refractivity contribution is 6.01. The maximum atomic E-state index is 13.7. The van der Waals surface area contributed by atoms with Crippen molar-refractivity contribution >= 4 is 18.0 Å². The lowest BCUT2D eigenvalue weighted by atomic mass is 9.95. The minimum absolute atomic E-state index is 0.0118. The second-order valence-corrected chi connectivity index (χ2v) is 10.9. The third-order valence-electron chi connectivity index (χ3n) is 6.65. The number of hydrogen-bond acceptors (Lipinski definition) is 5. The van der Waals surface area contributed by atoms with Crippen LogP contribution in [0.5, 0.6) is 0 Å². The highest BCUT2D eigenvalue weighted by atomic mass is 16.6. The number of alkyl carbamates (subject to hydrolysis) is 1. The van der Waals surface area contributed by atoms with Crippen molar-refractivity contribution < 1.29 is 23.9 Å². The third kappa shape index (κ3) is 7.93. The molecule has 0 aromatic heterocycles. The molecule has 7 nitrogen and oxygen atoms in total. The van der Waals surface area contributed by atoms with Gasteiger partial charge in [-0.2, -0.15) is 0 Å². The molecule has 7 heteroatoms. The number of ketones is 1. The Hall–Kier alpha value is -4.13. The van der Waals surface area contributed by atoms with Crippen LogP contribution in [-0.4, -0.2) is 47.6 Å². The van der Waals surface area contributed by atoms with Crippen molar-refractivity contribution in [3.8, 4) is 0 Å². The molecule has 4 rings (SSSR count). The van der Waals surface area contributed by atoms with Crippen LogP contribution >= 0.6 is 0 Å². The van der Waals surface area contributed by atoms with Crippen LogP contribution in [0.1, 0.15) is 60.2 Å². The van der Waals surface area contributed by atoms with Crippen LogP contribution in [-0.2, 0) is 22.5 Å². The van der Waals surface area contributed by atoms with E-state index in [1.54, 1.807) is 19.2 Å². The summed E-state index contributed by atoms with van der Waals surface area (Å²) in [6.45, 7) is 5.62. The van der Waals surface area contributed by atoms with Crippen LogP contribution in [0, 0.1) is 0 Å². The summed E-state index contributed by atoms with van der Waals surface area (Å²) in [4.78, 5) is 40.1. The van der Waals surface area contributed by atoms with Crippen LogP contribution in [0.2, 0.25) is 0 Å². The Labute approximate surface area is 230 Å². The summed E-state index contributed by atoms with van der Waals surface area (Å²) in [6.07, 6.45) is 0.203. The number of likely N-dealkylation sites (N-methyl/N-ethyl adjacent to an activating group) is 1. The first-order valence-corrected chi connectivity index (χ1v) is 13.2. The van der Waals surface area contributed by atoms with E-state index in [1.807, 2.05) is 93.6 Å². The summed E-state index contributed by atoms with van der Waals surface area (Å²) in [5.74, 6) is 0.0150. The molecule has 204 valence electrons. The summed E-state index contributed by atoms with van der Waals surface area (Å²) < 4.78 is 10.9. The quantitative estimate of drug-likeness (QED) is 0.338. The molecule has 3 atom stereocenters. The van der Waals surface area contributed by atoms with Gasteiger partial charge >= 0.3 is 12.2 Å². The molecule has 1 N–H and O–H groups in total. The number of carbonyl (C=O) groups excluding carboxylic acids is 3. The van der Waals surface area contributed by atoms with Gasteiger partial charge in [-0.05, 0) is 43.9 Å². The molecule has 1 saturated carbocycles. The van der Waals surface area contributed by atoms with Crippen molar-refractivity contribution in [3.05, 3.63) is 107 Å². The smallest absolute Gasteiger partial charge is 0.410 e. The van der Waals surface area contributed by atoms with E-state index in [0.29, 0.717) is 12.0 Å². The first-order chi connectivity index (χ1) is 18.6. The highest BCUT2D eigenvalue weighted by Gasteiger charge is 2.40. The number of carbonyl (C=O) groups is 3. The topological polar surface area (TPSA) is 84.9 Å². The molecule has 3 aromatic rings. The van der Waals surface area contributed by atoms with E-state index in [4.69, 9.17) is 9.47 Å². The number of Topliss-reactive ketones (excluding diaryl/α,β-unsaturated/α-hetero) is 1. The fourth-order valence-electron chi connectivity index (χ4n) is 4.46. The lowest BCUT2D eigenvalue weighted by Crippen LogP contribution is -2.44. The number of ether oxygens (including phenoxy) is 2. The number of rotatable bonds is 9. The SMILES string of the molecule is CN(C(=O)OCc1ccccc1)C(Cc1ccccc1)C(=O)c1ccc(C2CC2NC(=O)OC(C)(C)C)cc1. The molecule has 0 saturated heterocycles. The number of benzene rings is 3. The van der Waals surface area contributed by atoms with E-state index in [-0.39, 0.29) is 24.3 Å². The zero-order valence-corrected chi connectivity index (χ0v) is 22.9. The summed E-state index contributed by atoms with van der Waals surface area (Å²) >= 11 is 0. The Balaban J connectivity index is 1.43. The first-order valence-electron chi connectivity index (χ1n) is 13.2. The molecule has 0 spiro atoms. The largest absolute Gasteiger partial charge is 0.445 e. The van der Waals surface area contributed by atoms with Crippen molar-refractivity contribution in [2.45, 2.75) is 63.8 Å². The van der Waals surface area contributed by atoms with Crippen molar-refractivity contribution in [1.82, 2.24) is 10.2 Å². The monoisotopic (exact) mass is 528 g/mol. The maximum Gasteiger partial charge on any atom is 0.410 e. The molecule has 0 bridgehead atoms. The first kappa shape index (κ1) is 27.9. The molecule has 0 aliphatic heterocycles. The van der Waals surface area contributed by atoms with Crippen LogP contribution in [0.3, 0.4) is 0 Å². The van der Waals surface area contributed by atoms with E-state index in [0.717, 1.165) is 23.1 Å². The third-order valence-corrected chi connectivity index (χ3v) is 6.65. The molecular formula is C32H36N2O5. The molecule has 3 unspecified atom stereocenters. The van der Waals surface area contributed by atoms with E-state index >= 15 is 0 Å². The standard InChI is InChI=1S/C32H36N2O5/c1-32(2,3)39-30(36)33-27-20-26(27)24-15-17-25(18-16-24)29(35)28(19-22-11-7-5-8-12-22)34(4)31(37)38-21-23-13-9-6-10-14-23/h5-18,26-28H,19-21H2,1-4H3,(H,33,36). The molecule has 0 radical (unpaired) electrons. The Morgan fingerprint density at radius 2 is 1.49 bits per heavy atom. The van der Waals surface area contributed by atoms with Crippen molar-refractivity contribution in [3.63, 3.8) is 0 Å².